The van der Waals surface area contributed by atoms with E-state index in [0.717, 1.165) is 62.1 Å². The van der Waals surface area contributed by atoms with Crippen molar-refractivity contribution in [3.05, 3.63) is 53.7 Å². The standard InChI is InChI=1S/C26H32N4O3/c1-2-20(23(27)25(31)24(29-26(32)33)18-9-4-3-5-10-18)19-12-14-28-22(16-19)30-15-13-17-8-6-7-11-21(17)30/h6-8,11-12,14,16,18,20,24,27,29H,2-5,9-10,13,15H2,1H3,(H,32,33)/t20-,24-/m0/s1. The summed E-state index contributed by atoms with van der Waals surface area (Å²) in [5.41, 5.74) is 3.27. The van der Waals surface area contributed by atoms with E-state index in [0.29, 0.717) is 6.42 Å². The Morgan fingerprint density at radius 1 is 1.21 bits per heavy atom. The average molecular weight is 449 g/mol. The summed E-state index contributed by atoms with van der Waals surface area (Å²) in [5.74, 6) is -0.0437. The lowest BCUT2D eigenvalue weighted by molar-refractivity contribution is -0.116. The molecule has 3 N–H and O–H groups in total. The van der Waals surface area contributed by atoms with Gasteiger partial charge in [-0.1, -0.05) is 44.4 Å². The third-order valence-corrected chi connectivity index (χ3v) is 7.04. The van der Waals surface area contributed by atoms with Gasteiger partial charge in [0.1, 0.15) is 5.82 Å². The van der Waals surface area contributed by atoms with E-state index in [9.17, 15) is 14.7 Å². The summed E-state index contributed by atoms with van der Waals surface area (Å²) in [5, 5.41) is 20.5. The van der Waals surface area contributed by atoms with Gasteiger partial charge in [0.2, 0.25) is 0 Å². The molecule has 33 heavy (non-hydrogen) atoms. The van der Waals surface area contributed by atoms with Crippen LogP contribution in [0.15, 0.2) is 42.6 Å². The fraction of sp³-hybridized carbons (Fsp3) is 0.462. The van der Waals surface area contributed by atoms with Gasteiger partial charge in [0, 0.05) is 24.3 Å². The number of hydrogen-bond donors (Lipinski definition) is 3. The molecule has 4 rings (SSSR count). The van der Waals surface area contributed by atoms with Crippen molar-refractivity contribution in [1.82, 2.24) is 10.3 Å². The zero-order valence-corrected chi connectivity index (χ0v) is 19.1. The number of nitrogens with zero attached hydrogens (tertiary/aromatic N) is 2. The molecule has 2 aromatic rings. The number of fused-ring (bicyclic) bond motifs is 1. The van der Waals surface area contributed by atoms with Crippen LogP contribution in [0.5, 0.6) is 0 Å². The van der Waals surface area contributed by atoms with Crippen LogP contribution >= 0.6 is 0 Å². The minimum Gasteiger partial charge on any atom is -0.465 e. The number of anilines is 2. The molecule has 2 heterocycles. The Morgan fingerprint density at radius 2 is 1.97 bits per heavy atom. The Kier molecular flexibility index (Phi) is 7.06. The van der Waals surface area contributed by atoms with Crippen molar-refractivity contribution in [2.24, 2.45) is 5.92 Å². The Labute approximate surface area is 194 Å². The van der Waals surface area contributed by atoms with Crippen LogP contribution in [-0.2, 0) is 11.2 Å². The summed E-state index contributed by atoms with van der Waals surface area (Å²) in [7, 11) is 0. The minimum absolute atomic E-state index is 0.0270. The summed E-state index contributed by atoms with van der Waals surface area (Å²) in [6.45, 7) is 2.80. The smallest absolute Gasteiger partial charge is 0.405 e. The molecule has 1 amide bonds. The number of ketones is 1. The summed E-state index contributed by atoms with van der Waals surface area (Å²) >= 11 is 0. The zero-order chi connectivity index (χ0) is 23.4. The number of pyridine rings is 1. The topological polar surface area (TPSA) is 106 Å². The maximum Gasteiger partial charge on any atom is 0.405 e. The number of para-hydroxylation sites is 1. The van der Waals surface area contributed by atoms with E-state index in [4.69, 9.17) is 5.41 Å². The van der Waals surface area contributed by atoms with Crippen molar-refractivity contribution in [2.75, 3.05) is 11.4 Å². The van der Waals surface area contributed by atoms with Crippen molar-refractivity contribution >= 4 is 29.1 Å². The highest BCUT2D eigenvalue weighted by Gasteiger charge is 2.35. The van der Waals surface area contributed by atoms with E-state index >= 15 is 0 Å². The van der Waals surface area contributed by atoms with E-state index in [1.54, 1.807) is 6.20 Å². The third-order valence-electron chi connectivity index (χ3n) is 7.04. The summed E-state index contributed by atoms with van der Waals surface area (Å²) in [4.78, 5) is 31.6. The first-order valence-corrected chi connectivity index (χ1v) is 11.9. The molecule has 0 bridgehead atoms. The molecule has 0 spiro atoms. The quantitative estimate of drug-likeness (QED) is 0.489. The number of carboxylic acid groups (broad SMARTS) is 1. The number of rotatable bonds is 8. The molecule has 0 unspecified atom stereocenters. The fourth-order valence-corrected chi connectivity index (χ4v) is 5.32. The molecular weight excluding hydrogens is 416 g/mol. The van der Waals surface area contributed by atoms with E-state index in [1.165, 1.54) is 5.56 Å². The summed E-state index contributed by atoms with van der Waals surface area (Å²) in [6, 6.07) is 11.3. The van der Waals surface area contributed by atoms with Crippen LogP contribution in [0.25, 0.3) is 0 Å². The van der Waals surface area contributed by atoms with Crippen LogP contribution < -0.4 is 10.2 Å². The highest BCUT2D eigenvalue weighted by molar-refractivity contribution is 6.42. The average Bonchev–Trinajstić information content (AvgIpc) is 3.27. The van der Waals surface area contributed by atoms with Gasteiger partial charge in [0.15, 0.2) is 5.78 Å². The SMILES string of the molecule is CC[C@H](C(=N)C(=O)[C@@H](NC(=O)O)C1CCCCC1)c1ccnc(N2CCc3ccccc32)c1. The van der Waals surface area contributed by atoms with Gasteiger partial charge in [-0.25, -0.2) is 9.78 Å². The third kappa shape index (κ3) is 4.92. The lowest BCUT2D eigenvalue weighted by atomic mass is 9.79. The van der Waals surface area contributed by atoms with Crippen LogP contribution in [0.1, 0.15) is 62.5 Å². The molecule has 1 aromatic carbocycles. The minimum atomic E-state index is -1.21. The Morgan fingerprint density at radius 3 is 2.70 bits per heavy atom. The predicted octanol–water partition coefficient (Wildman–Crippen LogP) is 5.07. The van der Waals surface area contributed by atoms with Gasteiger partial charge in [0.05, 0.1) is 11.8 Å². The monoisotopic (exact) mass is 448 g/mol. The van der Waals surface area contributed by atoms with Crippen LogP contribution in [0.3, 0.4) is 0 Å². The first-order valence-electron chi connectivity index (χ1n) is 11.9. The molecule has 1 aliphatic heterocycles. The van der Waals surface area contributed by atoms with Crippen LogP contribution in [0, 0.1) is 11.3 Å². The molecule has 7 nitrogen and oxygen atoms in total. The molecule has 0 saturated heterocycles. The van der Waals surface area contributed by atoms with E-state index in [1.807, 2.05) is 31.2 Å². The van der Waals surface area contributed by atoms with Crippen molar-refractivity contribution in [3.8, 4) is 0 Å². The fourth-order valence-electron chi connectivity index (χ4n) is 5.32. The van der Waals surface area contributed by atoms with E-state index in [-0.39, 0.29) is 11.6 Å². The van der Waals surface area contributed by atoms with Gasteiger partial charge in [0.25, 0.3) is 0 Å². The van der Waals surface area contributed by atoms with Gasteiger partial charge < -0.3 is 20.7 Å². The Balaban J connectivity index is 1.57. The number of Topliss-reactive ketones (excluding diaryl/α,β-unsaturated/α-hetero) is 1. The summed E-state index contributed by atoms with van der Waals surface area (Å²) < 4.78 is 0. The predicted molar refractivity (Wildman–Crippen MR) is 129 cm³/mol. The van der Waals surface area contributed by atoms with Crippen molar-refractivity contribution in [3.63, 3.8) is 0 Å². The molecule has 0 radical (unpaired) electrons. The van der Waals surface area contributed by atoms with Gasteiger partial charge in [-0.3, -0.25) is 4.79 Å². The van der Waals surface area contributed by atoms with Crippen LogP contribution in [0.2, 0.25) is 0 Å². The lowest BCUT2D eigenvalue weighted by Gasteiger charge is -2.30. The molecule has 1 aromatic heterocycles. The highest BCUT2D eigenvalue weighted by Crippen LogP contribution is 2.35. The molecule has 2 atom stereocenters. The van der Waals surface area contributed by atoms with Crippen LogP contribution in [0.4, 0.5) is 16.3 Å². The molecule has 7 heteroatoms. The number of carbonyl (C=O) groups excluding carboxylic acids is 1. The molecule has 2 aliphatic rings. The molecule has 174 valence electrons. The number of hydrogen-bond acceptors (Lipinski definition) is 5. The molecule has 1 saturated carbocycles. The normalized spacial score (nSPS) is 17.8. The zero-order valence-electron chi connectivity index (χ0n) is 19.1. The first kappa shape index (κ1) is 23.0. The van der Waals surface area contributed by atoms with Gasteiger partial charge in [-0.15, -0.1) is 0 Å². The largest absolute Gasteiger partial charge is 0.465 e. The number of carbonyl (C=O) groups is 2. The Bertz CT molecular complexity index is 1030. The van der Waals surface area contributed by atoms with E-state index < -0.39 is 23.8 Å². The number of amides is 1. The van der Waals surface area contributed by atoms with Crippen molar-refractivity contribution < 1.29 is 14.7 Å². The van der Waals surface area contributed by atoms with Crippen molar-refractivity contribution in [1.29, 1.82) is 5.41 Å². The van der Waals surface area contributed by atoms with Crippen molar-refractivity contribution in [2.45, 2.75) is 63.8 Å². The second-order valence-corrected chi connectivity index (χ2v) is 9.04. The molecular formula is C26H32N4O3. The van der Waals surface area contributed by atoms with E-state index in [2.05, 4.69) is 27.3 Å². The number of benzene rings is 1. The van der Waals surface area contributed by atoms with Gasteiger partial charge >= 0.3 is 6.09 Å². The first-order chi connectivity index (χ1) is 16.0. The van der Waals surface area contributed by atoms with Gasteiger partial charge in [-0.05, 0) is 60.9 Å². The molecule has 1 aliphatic carbocycles. The highest BCUT2D eigenvalue weighted by atomic mass is 16.4. The number of aromatic nitrogens is 1. The van der Waals surface area contributed by atoms with Gasteiger partial charge in [-0.2, -0.15) is 0 Å². The molecule has 1 fully saturated rings. The lowest BCUT2D eigenvalue weighted by Crippen LogP contribution is -2.49. The second-order valence-electron chi connectivity index (χ2n) is 9.04. The second kappa shape index (κ2) is 10.1. The van der Waals surface area contributed by atoms with Crippen LogP contribution in [-0.4, -0.2) is 40.3 Å². The maximum absolute atomic E-state index is 13.4. The Hall–Kier alpha value is -3.22. The summed E-state index contributed by atoms with van der Waals surface area (Å²) in [6.07, 6.45) is 6.78. The number of nitrogens with one attached hydrogen (secondary N) is 2. The maximum atomic E-state index is 13.4.